The standard InChI is InChI=1S/C14H19NO3/c1-3-4-9-15(14(17)11-16)10-12-5-7-13(18-2)8-6-12/h3,5-8,16H,1,4,9-11H2,2H3. The fraction of sp³-hybridized carbons (Fsp3) is 0.357. The SMILES string of the molecule is C=CCCN(Cc1ccc(OC)cc1)C(=O)CO. The molecule has 0 aliphatic carbocycles. The van der Waals surface area contributed by atoms with Gasteiger partial charge in [0, 0.05) is 13.1 Å². The van der Waals surface area contributed by atoms with E-state index in [0.717, 1.165) is 11.3 Å². The Morgan fingerprint density at radius 3 is 2.61 bits per heavy atom. The number of methoxy groups -OCH3 is 1. The van der Waals surface area contributed by atoms with Crippen molar-refractivity contribution in [2.45, 2.75) is 13.0 Å². The van der Waals surface area contributed by atoms with Gasteiger partial charge in [0.2, 0.25) is 5.91 Å². The van der Waals surface area contributed by atoms with Crippen LogP contribution in [0, 0.1) is 0 Å². The molecule has 98 valence electrons. The monoisotopic (exact) mass is 249 g/mol. The molecule has 4 nitrogen and oxygen atoms in total. The van der Waals surface area contributed by atoms with Crippen LogP contribution in [0.3, 0.4) is 0 Å². The molecule has 1 aromatic carbocycles. The van der Waals surface area contributed by atoms with Gasteiger partial charge in [0.15, 0.2) is 0 Å². The van der Waals surface area contributed by atoms with E-state index in [2.05, 4.69) is 6.58 Å². The Kier molecular flexibility index (Phi) is 5.94. The highest BCUT2D eigenvalue weighted by Crippen LogP contribution is 2.13. The first-order valence-electron chi connectivity index (χ1n) is 5.83. The zero-order valence-corrected chi connectivity index (χ0v) is 10.6. The Morgan fingerprint density at radius 1 is 1.44 bits per heavy atom. The van der Waals surface area contributed by atoms with Crippen molar-refractivity contribution in [1.82, 2.24) is 4.90 Å². The lowest BCUT2D eigenvalue weighted by Crippen LogP contribution is -2.33. The summed E-state index contributed by atoms with van der Waals surface area (Å²) in [5, 5.41) is 8.93. The summed E-state index contributed by atoms with van der Waals surface area (Å²) in [6.07, 6.45) is 2.47. The Balaban J connectivity index is 2.68. The maximum Gasteiger partial charge on any atom is 0.248 e. The van der Waals surface area contributed by atoms with Crippen LogP contribution >= 0.6 is 0 Å². The minimum Gasteiger partial charge on any atom is -0.497 e. The van der Waals surface area contributed by atoms with Gasteiger partial charge < -0.3 is 14.7 Å². The average molecular weight is 249 g/mol. The summed E-state index contributed by atoms with van der Waals surface area (Å²) < 4.78 is 5.07. The van der Waals surface area contributed by atoms with Crippen molar-refractivity contribution < 1.29 is 14.6 Å². The zero-order valence-electron chi connectivity index (χ0n) is 10.6. The van der Waals surface area contributed by atoms with Crippen molar-refractivity contribution >= 4 is 5.91 Å². The number of hydrogen-bond acceptors (Lipinski definition) is 3. The number of benzene rings is 1. The van der Waals surface area contributed by atoms with Crippen LogP contribution < -0.4 is 4.74 Å². The number of ether oxygens (including phenoxy) is 1. The molecule has 0 unspecified atom stereocenters. The van der Waals surface area contributed by atoms with Gasteiger partial charge in [0.25, 0.3) is 0 Å². The highest BCUT2D eigenvalue weighted by atomic mass is 16.5. The van der Waals surface area contributed by atoms with E-state index in [1.165, 1.54) is 0 Å². The lowest BCUT2D eigenvalue weighted by atomic mass is 10.2. The minimum atomic E-state index is -0.465. The van der Waals surface area contributed by atoms with Crippen LogP contribution in [0.2, 0.25) is 0 Å². The summed E-state index contributed by atoms with van der Waals surface area (Å²) in [6, 6.07) is 7.52. The van der Waals surface area contributed by atoms with Gasteiger partial charge in [-0.25, -0.2) is 0 Å². The van der Waals surface area contributed by atoms with Crippen LogP contribution in [-0.4, -0.2) is 36.2 Å². The van der Waals surface area contributed by atoms with E-state index in [1.54, 1.807) is 18.1 Å². The van der Waals surface area contributed by atoms with Gasteiger partial charge in [0.05, 0.1) is 7.11 Å². The highest BCUT2D eigenvalue weighted by molar-refractivity contribution is 5.77. The molecule has 1 N–H and O–H groups in total. The molecule has 0 radical (unpaired) electrons. The first kappa shape index (κ1) is 14.3. The van der Waals surface area contributed by atoms with E-state index in [0.29, 0.717) is 19.5 Å². The predicted molar refractivity (Wildman–Crippen MR) is 70.3 cm³/mol. The molecule has 0 fully saturated rings. The first-order valence-corrected chi connectivity index (χ1v) is 5.83. The molecule has 0 saturated heterocycles. The van der Waals surface area contributed by atoms with Gasteiger partial charge in [-0.05, 0) is 24.1 Å². The maximum atomic E-state index is 11.6. The van der Waals surface area contributed by atoms with E-state index in [1.807, 2.05) is 24.3 Å². The molecule has 4 heteroatoms. The summed E-state index contributed by atoms with van der Waals surface area (Å²) >= 11 is 0. The molecule has 0 aromatic heterocycles. The Morgan fingerprint density at radius 2 is 2.11 bits per heavy atom. The molecule has 1 aromatic rings. The van der Waals surface area contributed by atoms with Crippen LogP contribution in [0.15, 0.2) is 36.9 Å². The van der Waals surface area contributed by atoms with E-state index < -0.39 is 6.61 Å². The second-order valence-corrected chi connectivity index (χ2v) is 3.90. The maximum absolute atomic E-state index is 11.6. The highest BCUT2D eigenvalue weighted by Gasteiger charge is 2.11. The largest absolute Gasteiger partial charge is 0.497 e. The van der Waals surface area contributed by atoms with Gasteiger partial charge in [-0.3, -0.25) is 4.79 Å². The van der Waals surface area contributed by atoms with Gasteiger partial charge in [-0.2, -0.15) is 0 Å². The number of aliphatic hydroxyl groups excluding tert-OH is 1. The van der Waals surface area contributed by atoms with Crippen molar-refractivity contribution in [3.8, 4) is 5.75 Å². The van der Waals surface area contributed by atoms with Crippen molar-refractivity contribution in [3.05, 3.63) is 42.5 Å². The molecule has 0 spiro atoms. The van der Waals surface area contributed by atoms with Crippen molar-refractivity contribution in [2.24, 2.45) is 0 Å². The third kappa shape index (κ3) is 4.22. The lowest BCUT2D eigenvalue weighted by molar-refractivity contribution is -0.134. The van der Waals surface area contributed by atoms with Gasteiger partial charge in [-0.1, -0.05) is 18.2 Å². The van der Waals surface area contributed by atoms with Crippen LogP contribution in [0.1, 0.15) is 12.0 Å². The quantitative estimate of drug-likeness (QED) is 0.747. The number of nitrogens with zero attached hydrogens (tertiary/aromatic N) is 1. The Bertz CT molecular complexity index is 387. The van der Waals surface area contributed by atoms with Crippen molar-refractivity contribution in [1.29, 1.82) is 0 Å². The second kappa shape index (κ2) is 7.50. The number of amides is 1. The molecule has 18 heavy (non-hydrogen) atoms. The number of carbonyl (C=O) groups excluding carboxylic acids is 1. The summed E-state index contributed by atoms with van der Waals surface area (Å²) in [5.74, 6) is 0.512. The molecule has 1 rings (SSSR count). The number of hydrogen-bond donors (Lipinski definition) is 1. The number of aliphatic hydroxyl groups is 1. The van der Waals surface area contributed by atoms with Gasteiger partial charge in [-0.15, -0.1) is 6.58 Å². The lowest BCUT2D eigenvalue weighted by Gasteiger charge is -2.21. The van der Waals surface area contributed by atoms with Crippen molar-refractivity contribution in [3.63, 3.8) is 0 Å². The van der Waals surface area contributed by atoms with E-state index >= 15 is 0 Å². The summed E-state index contributed by atoms with van der Waals surface area (Å²) in [5.41, 5.74) is 1.00. The van der Waals surface area contributed by atoms with E-state index in [-0.39, 0.29) is 5.91 Å². The third-order valence-electron chi connectivity index (χ3n) is 2.62. The normalized spacial score (nSPS) is 9.89. The predicted octanol–water partition coefficient (Wildman–Crippen LogP) is 1.59. The molecular formula is C14H19NO3. The first-order chi connectivity index (χ1) is 8.71. The van der Waals surface area contributed by atoms with Crippen molar-refractivity contribution in [2.75, 3.05) is 20.3 Å². The van der Waals surface area contributed by atoms with E-state index in [9.17, 15) is 4.79 Å². The Labute approximate surface area is 107 Å². The average Bonchev–Trinajstić information content (AvgIpc) is 2.43. The number of carbonyl (C=O) groups is 1. The molecule has 0 aliphatic heterocycles. The molecule has 0 bridgehead atoms. The number of rotatable bonds is 7. The second-order valence-electron chi connectivity index (χ2n) is 3.90. The summed E-state index contributed by atoms with van der Waals surface area (Å²) in [7, 11) is 1.61. The molecule has 0 aliphatic rings. The van der Waals surface area contributed by atoms with Crippen LogP contribution in [0.25, 0.3) is 0 Å². The molecule has 1 amide bonds. The van der Waals surface area contributed by atoms with Crippen LogP contribution in [0.5, 0.6) is 5.75 Å². The topological polar surface area (TPSA) is 49.8 Å². The molecule has 0 heterocycles. The fourth-order valence-corrected chi connectivity index (χ4v) is 1.59. The molecule has 0 atom stereocenters. The van der Waals surface area contributed by atoms with Gasteiger partial charge >= 0.3 is 0 Å². The minimum absolute atomic E-state index is 0.271. The smallest absolute Gasteiger partial charge is 0.248 e. The summed E-state index contributed by atoms with van der Waals surface area (Å²) in [4.78, 5) is 13.2. The molecular weight excluding hydrogens is 230 g/mol. The third-order valence-corrected chi connectivity index (χ3v) is 2.62. The molecule has 0 saturated carbocycles. The summed E-state index contributed by atoms with van der Waals surface area (Å²) in [6.45, 7) is 4.21. The zero-order chi connectivity index (χ0) is 13.4. The van der Waals surface area contributed by atoms with E-state index in [4.69, 9.17) is 9.84 Å². The Hall–Kier alpha value is -1.81. The van der Waals surface area contributed by atoms with Crippen LogP contribution in [-0.2, 0) is 11.3 Å². The fourth-order valence-electron chi connectivity index (χ4n) is 1.59. The van der Waals surface area contributed by atoms with Crippen LogP contribution in [0.4, 0.5) is 0 Å². The van der Waals surface area contributed by atoms with Gasteiger partial charge in [0.1, 0.15) is 12.4 Å².